The summed E-state index contributed by atoms with van der Waals surface area (Å²) in [5, 5.41) is 27.6. The molecule has 0 radical (unpaired) electrons. The Morgan fingerprint density at radius 3 is 2.29 bits per heavy atom. The minimum atomic E-state index is -0.806. The first-order valence-electron chi connectivity index (χ1n) is 6.15. The number of aliphatic hydroxyl groups is 3. The summed E-state index contributed by atoms with van der Waals surface area (Å²) in [4.78, 5) is 0. The maximum absolute atomic E-state index is 9.63. The van der Waals surface area contributed by atoms with E-state index in [1.165, 1.54) is 6.42 Å². The molecule has 0 aliphatic carbocycles. The summed E-state index contributed by atoms with van der Waals surface area (Å²) in [6.07, 6.45) is 3.68. The second kappa shape index (κ2) is 11.5. The van der Waals surface area contributed by atoms with Crippen molar-refractivity contribution in [1.82, 2.24) is 0 Å². The fourth-order valence-electron chi connectivity index (χ4n) is 1.39. The molecule has 2 atom stereocenters. The average molecular weight is 238 g/mol. The Balaban J connectivity index is 3.72. The van der Waals surface area contributed by atoms with E-state index < -0.39 is 12.2 Å². The van der Waals surface area contributed by atoms with E-state index in [9.17, 15) is 10.2 Å². The van der Waals surface area contributed by atoms with E-state index in [-0.39, 0.29) is 13.0 Å². The van der Waals surface area contributed by atoms with Crippen LogP contribution in [0, 0.1) is 23.7 Å². The Bertz CT molecular complexity index is 290. The first-order valence-corrected chi connectivity index (χ1v) is 6.15. The highest BCUT2D eigenvalue weighted by molar-refractivity contribution is 5.26. The normalized spacial score (nSPS) is 12.9. The van der Waals surface area contributed by atoms with Crippen molar-refractivity contribution in [3.63, 3.8) is 0 Å². The molecule has 0 rings (SSSR count). The Morgan fingerprint density at radius 2 is 1.65 bits per heavy atom. The van der Waals surface area contributed by atoms with E-state index in [0.29, 0.717) is 6.42 Å². The van der Waals surface area contributed by atoms with Crippen LogP contribution >= 0.6 is 0 Å². The van der Waals surface area contributed by atoms with E-state index in [2.05, 4.69) is 30.6 Å². The van der Waals surface area contributed by atoms with Crippen molar-refractivity contribution in [2.45, 2.75) is 57.7 Å². The van der Waals surface area contributed by atoms with Gasteiger partial charge >= 0.3 is 0 Å². The van der Waals surface area contributed by atoms with Gasteiger partial charge in [0, 0.05) is 6.42 Å². The van der Waals surface area contributed by atoms with Gasteiger partial charge < -0.3 is 15.3 Å². The summed E-state index contributed by atoms with van der Waals surface area (Å²) in [6, 6.07) is 0. The van der Waals surface area contributed by atoms with Crippen LogP contribution in [0.25, 0.3) is 0 Å². The third-order valence-electron chi connectivity index (χ3n) is 2.43. The summed E-state index contributed by atoms with van der Waals surface area (Å²) in [5.41, 5.74) is 0. The molecule has 0 aromatic heterocycles. The van der Waals surface area contributed by atoms with E-state index in [1.807, 2.05) is 0 Å². The lowest BCUT2D eigenvalue weighted by Gasteiger charge is -2.15. The van der Waals surface area contributed by atoms with Gasteiger partial charge in [-0.15, -0.1) is 0 Å². The van der Waals surface area contributed by atoms with Crippen molar-refractivity contribution in [1.29, 1.82) is 0 Å². The zero-order chi connectivity index (χ0) is 12.9. The van der Waals surface area contributed by atoms with E-state index in [0.717, 1.165) is 19.3 Å². The molecule has 17 heavy (non-hydrogen) atoms. The van der Waals surface area contributed by atoms with Gasteiger partial charge in [-0.1, -0.05) is 44.4 Å². The molecule has 0 aromatic rings. The quantitative estimate of drug-likeness (QED) is 0.459. The molecule has 3 nitrogen and oxygen atoms in total. The van der Waals surface area contributed by atoms with Gasteiger partial charge in [-0.25, -0.2) is 0 Å². The van der Waals surface area contributed by atoms with Gasteiger partial charge in [-0.2, -0.15) is 0 Å². The predicted octanol–water partition coefficient (Wildman–Crippen LogP) is 1.07. The number of aliphatic hydroxyl groups excluding tert-OH is 3. The van der Waals surface area contributed by atoms with Crippen LogP contribution in [0.2, 0.25) is 0 Å². The molecule has 0 aliphatic heterocycles. The molecular weight excluding hydrogens is 216 g/mol. The van der Waals surface area contributed by atoms with Crippen LogP contribution in [0.4, 0.5) is 0 Å². The van der Waals surface area contributed by atoms with Crippen LogP contribution < -0.4 is 0 Å². The molecule has 0 spiro atoms. The lowest BCUT2D eigenvalue weighted by Crippen LogP contribution is -2.25. The van der Waals surface area contributed by atoms with Crippen LogP contribution in [0.1, 0.15) is 45.4 Å². The maximum Gasteiger partial charge on any atom is 0.105 e. The average Bonchev–Trinajstić information content (AvgIpc) is 2.34. The largest absolute Gasteiger partial charge is 0.390 e. The summed E-state index contributed by atoms with van der Waals surface area (Å²) < 4.78 is 0. The van der Waals surface area contributed by atoms with Crippen LogP contribution in [-0.4, -0.2) is 34.1 Å². The monoisotopic (exact) mass is 238 g/mol. The molecule has 0 fully saturated rings. The van der Waals surface area contributed by atoms with Gasteiger partial charge in [-0.05, 0) is 18.3 Å². The minimum Gasteiger partial charge on any atom is -0.390 e. The number of hydrogen-bond donors (Lipinski definition) is 3. The third-order valence-corrected chi connectivity index (χ3v) is 2.43. The lowest BCUT2D eigenvalue weighted by molar-refractivity contribution is 0.0165. The summed E-state index contributed by atoms with van der Waals surface area (Å²) >= 11 is 0. The van der Waals surface area contributed by atoms with Gasteiger partial charge in [0.2, 0.25) is 0 Å². The molecule has 3 N–H and O–H groups in total. The van der Waals surface area contributed by atoms with Crippen molar-refractivity contribution in [2.75, 3.05) is 6.61 Å². The topological polar surface area (TPSA) is 60.7 Å². The number of hydrogen-bond acceptors (Lipinski definition) is 3. The van der Waals surface area contributed by atoms with Crippen molar-refractivity contribution in [3.8, 4) is 23.7 Å². The lowest BCUT2D eigenvalue weighted by atomic mass is 10.0. The van der Waals surface area contributed by atoms with Crippen LogP contribution in [0.15, 0.2) is 0 Å². The van der Waals surface area contributed by atoms with E-state index in [1.54, 1.807) is 0 Å². The number of unbranched alkanes of at least 4 members (excludes halogenated alkanes) is 3. The smallest absolute Gasteiger partial charge is 0.105 e. The summed E-state index contributed by atoms with van der Waals surface area (Å²) in [7, 11) is 0. The van der Waals surface area contributed by atoms with Gasteiger partial charge in [0.1, 0.15) is 6.61 Å². The molecule has 0 amide bonds. The Labute approximate surface area is 104 Å². The molecule has 0 saturated heterocycles. The van der Waals surface area contributed by atoms with Crippen LogP contribution in [0.5, 0.6) is 0 Å². The summed E-state index contributed by atoms with van der Waals surface area (Å²) in [5.74, 6) is 9.99. The van der Waals surface area contributed by atoms with Crippen molar-refractivity contribution in [2.24, 2.45) is 0 Å². The first-order chi connectivity index (χ1) is 8.22. The zero-order valence-corrected chi connectivity index (χ0v) is 10.4. The van der Waals surface area contributed by atoms with Crippen molar-refractivity contribution < 1.29 is 15.3 Å². The molecule has 0 heterocycles. The molecule has 2 unspecified atom stereocenters. The Kier molecular flexibility index (Phi) is 10.8. The van der Waals surface area contributed by atoms with Crippen LogP contribution in [-0.2, 0) is 0 Å². The minimum absolute atomic E-state index is 0.211. The SMILES string of the molecule is CCCCCCC(O)C(O)CC#CC#CCO. The highest BCUT2D eigenvalue weighted by atomic mass is 16.3. The molecule has 0 saturated carbocycles. The third kappa shape index (κ3) is 9.90. The van der Waals surface area contributed by atoms with Gasteiger partial charge in [0.25, 0.3) is 0 Å². The fourth-order valence-corrected chi connectivity index (χ4v) is 1.39. The Morgan fingerprint density at radius 1 is 0.941 bits per heavy atom. The fraction of sp³-hybridized carbons (Fsp3) is 0.714. The molecule has 96 valence electrons. The predicted molar refractivity (Wildman–Crippen MR) is 68.0 cm³/mol. The standard InChI is InChI=1S/C14H22O3/c1-2-3-4-7-10-13(16)14(17)11-8-5-6-9-12-15/h13-17H,2-4,7,10-12H2,1H3. The van der Waals surface area contributed by atoms with Crippen molar-refractivity contribution >= 4 is 0 Å². The van der Waals surface area contributed by atoms with Gasteiger partial charge in [0.15, 0.2) is 0 Å². The van der Waals surface area contributed by atoms with Crippen molar-refractivity contribution in [3.05, 3.63) is 0 Å². The van der Waals surface area contributed by atoms with Gasteiger partial charge in [0.05, 0.1) is 12.2 Å². The molecule has 0 bridgehead atoms. The van der Waals surface area contributed by atoms with Crippen LogP contribution in [0.3, 0.4) is 0 Å². The van der Waals surface area contributed by atoms with E-state index in [4.69, 9.17) is 5.11 Å². The molecule has 0 aliphatic rings. The summed E-state index contributed by atoms with van der Waals surface area (Å²) in [6.45, 7) is 1.92. The molecule has 0 aromatic carbocycles. The Hall–Kier alpha value is -1.00. The zero-order valence-electron chi connectivity index (χ0n) is 10.4. The van der Waals surface area contributed by atoms with Gasteiger partial charge in [-0.3, -0.25) is 0 Å². The molecular formula is C14H22O3. The first kappa shape index (κ1) is 16.0. The highest BCUT2D eigenvalue weighted by Gasteiger charge is 2.14. The second-order valence-electron chi connectivity index (χ2n) is 3.95. The number of rotatable bonds is 7. The second-order valence-corrected chi connectivity index (χ2v) is 3.95. The molecule has 3 heteroatoms. The highest BCUT2D eigenvalue weighted by Crippen LogP contribution is 2.09. The van der Waals surface area contributed by atoms with E-state index >= 15 is 0 Å². The maximum atomic E-state index is 9.63.